The number of benzene rings is 1. The van der Waals surface area contributed by atoms with Crippen LogP contribution < -0.4 is 5.32 Å². The molecule has 10 heteroatoms. The maximum absolute atomic E-state index is 13.4. The van der Waals surface area contributed by atoms with Gasteiger partial charge in [-0.1, -0.05) is 35.9 Å². The van der Waals surface area contributed by atoms with E-state index in [0.29, 0.717) is 48.0 Å². The first-order chi connectivity index (χ1) is 15.8. The SMILES string of the molecule is C=CCN1C(=O)N[C@H](c2ccccc2Cl)C2=C1CN(CC(=O)N1CCN(C(C)=O)CC1)C2=O. The summed E-state index contributed by atoms with van der Waals surface area (Å²) in [6.45, 7) is 7.32. The fraction of sp³-hybridized carbons (Fsp3) is 0.391. The molecule has 1 saturated heterocycles. The van der Waals surface area contributed by atoms with Crippen LogP contribution >= 0.6 is 11.6 Å². The fourth-order valence-corrected chi connectivity index (χ4v) is 4.72. The van der Waals surface area contributed by atoms with Crippen LogP contribution in [0.25, 0.3) is 0 Å². The maximum atomic E-state index is 13.4. The average molecular weight is 472 g/mol. The summed E-state index contributed by atoms with van der Waals surface area (Å²) in [5.41, 5.74) is 1.60. The van der Waals surface area contributed by atoms with Crippen molar-refractivity contribution < 1.29 is 19.2 Å². The number of urea groups is 1. The summed E-state index contributed by atoms with van der Waals surface area (Å²) in [6, 6.07) is 6.01. The highest BCUT2D eigenvalue weighted by atomic mass is 35.5. The van der Waals surface area contributed by atoms with E-state index >= 15 is 0 Å². The van der Waals surface area contributed by atoms with Crippen molar-refractivity contribution in [3.05, 3.63) is 58.8 Å². The van der Waals surface area contributed by atoms with Crippen molar-refractivity contribution in [3.8, 4) is 0 Å². The molecule has 9 nitrogen and oxygen atoms in total. The van der Waals surface area contributed by atoms with Crippen LogP contribution in [0.4, 0.5) is 4.79 Å². The van der Waals surface area contributed by atoms with Crippen molar-refractivity contribution in [1.29, 1.82) is 0 Å². The van der Waals surface area contributed by atoms with Crippen LogP contribution in [0, 0.1) is 0 Å². The first kappa shape index (κ1) is 22.8. The summed E-state index contributed by atoms with van der Waals surface area (Å²) in [6.07, 6.45) is 1.59. The predicted molar refractivity (Wildman–Crippen MR) is 122 cm³/mol. The smallest absolute Gasteiger partial charge is 0.322 e. The second-order valence-electron chi connectivity index (χ2n) is 8.21. The number of hydrogen-bond acceptors (Lipinski definition) is 4. The standard InChI is InChI=1S/C23H26ClN5O4/c1-3-8-29-18-13-28(14-19(31)27-11-9-26(10-12-27)15(2)30)22(32)20(18)21(25-23(29)33)16-6-4-5-7-17(16)24/h3-7,21H,1,8-14H2,2H3,(H,25,33)/t21-/m1/s1. The number of carbonyl (C=O) groups excluding carboxylic acids is 4. The van der Waals surface area contributed by atoms with Gasteiger partial charge in [-0.2, -0.15) is 0 Å². The molecule has 0 aromatic heterocycles. The molecule has 0 radical (unpaired) electrons. The molecule has 174 valence electrons. The quantitative estimate of drug-likeness (QED) is 0.656. The highest BCUT2D eigenvalue weighted by Gasteiger charge is 2.44. The lowest BCUT2D eigenvalue weighted by Gasteiger charge is -2.35. The monoisotopic (exact) mass is 471 g/mol. The third-order valence-electron chi connectivity index (χ3n) is 6.23. The molecule has 33 heavy (non-hydrogen) atoms. The molecule has 1 aromatic rings. The number of nitrogens with one attached hydrogen (secondary N) is 1. The average Bonchev–Trinajstić information content (AvgIpc) is 3.12. The Bertz CT molecular complexity index is 1050. The molecule has 0 bridgehead atoms. The van der Waals surface area contributed by atoms with Crippen LogP contribution in [0.2, 0.25) is 5.02 Å². The third kappa shape index (κ3) is 4.32. The topological polar surface area (TPSA) is 93.3 Å². The van der Waals surface area contributed by atoms with Gasteiger partial charge in [0, 0.05) is 44.7 Å². The molecule has 4 rings (SSSR count). The van der Waals surface area contributed by atoms with Crippen LogP contribution in [0.15, 0.2) is 48.2 Å². The lowest BCUT2D eigenvalue weighted by Crippen LogP contribution is -2.52. The molecule has 1 fully saturated rings. The lowest BCUT2D eigenvalue weighted by molar-refractivity contribution is -0.141. The first-order valence-corrected chi connectivity index (χ1v) is 11.2. The van der Waals surface area contributed by atoms with Crippen LogP contribution in [0.3, 0.4) is 0 Å². The number of rotatable bonds is 5. The van der Waals surface area contributed by atoms with E-state index in [1.165, 1.54) is 16.7 Å². The molecule has 1 N–H and O–H groups in total. The Morgan fingerprint density at radius 3 is 2.45 bits per heavy atom. The minimum Gasteiger partial charge on any atom is -0.339 e. The van der Waals surface area contributed by atoms with Crippen LogP contribution in [0.5, 0.6) is 0 Å². The lowest BCUT2D eigenvalue weighted by atomic mass is 9.95. The number of amides is 5. The number of halogens is 1. The Hall–Kier alpha value is -3.33. The Balaban J connectivity index is 1.55. The molecule has 1 atom stereocenters. The molecule has 0 aliphatic carbocycles. The third-order valence-corrected chi connectivity index (χ3v) is 6.57. The van der Waals surface area contributed by atoms with Crippen molar-refractivity contribution >= 4 is 35.4 Å². The normalized spacial score (nSPS) is 20.7. The Kier molecular flexibility index (Phi) is 6.42. The summed E-state index contributed by atoms with van der Waals surface area (Å²) < 4.78 is 0. The minimum atomic E-state index is -0.700. The summed E-state index contributed by atoms with van der Waals surface area (Å²) in [4.78, 5) is 57.1. The first-order valence-electron chi connectivity index (χ1n) is 10.8. The second-order valence-corrected chi connectivity index (χ2v) is 8.62. The highest BCUT2D eigenvalue weighted by Crippen LogP contribution is 2.38. The Morgan fingerprint density at radius 2 is 1.82 bits per heavy atom. The Labute approximate surface area is 197 Å². The molecule has 0 spiro atoms. The molecule has 3 heterocycles. The molecule has 3 aliphatic heterocycles. The second kappa shape index (κ2) is 9.27. The number of hydrogen-bond donors (Lipinski definition) is 1. The van der Waals surface area contributed by atoms with E-state index in [-0.39, 0.29) is 43.4 Å². The van der Waals surface area contributed by atoms with Crippen molar-refractivity contribution in [2.75, 3.05) is 45.8 Å². The summed E-state index contributed by atoms with van der Waals surface area (Å²) in [7, 11) is 0. The van der Waals surface area contributed by atoms with E-state index in [9.17, 15) is 19.2 Å². The highest BCUT2D eigenvalue weighted by molar-refractivity contribution is 6.31. The fourth-order valence-electron chi connectivity index (χ4n) is 4.47. The summed E-state index contributed by atoms with van der Waals surface area (Å²) in [5.74, 6) is -0.506. The van der Waals surface area contributed by atoms with Gasteiger partial charge in [-0.05, 0) is 11.6 Å². The van der Waals surface area contributed by atoms with Gasteiger partial charge >= 0.3 is 6.03 Å². The van der Waals surface area contributed by atoms with Crippen LogP contribution in [0.1, 0.15) is 18.5 Å². The van der Waals surface area contributed by atoms with Crippen molar-refractivity contribution in [3.63, 3.8) is 0 Å². The maximum Gasteiger partial charge on any atom is 0.322 e. The molecule has 5 amide bonds. The molecule has 0 saturated carbocycles. The Morgan fingerprint density at radius 1 is 1.15 bits per heavy atom. The summed E-state index contributed by atoms with van der Waals surface area (Å²) in [5, 5.41) is 3.32. The van der Waals surface area contributed by atoms with E-state index in [0.717, 1.165) is 0 Å². The van der Waals surface area contributed by atoms with Crippen LogP contribution in [-0.2, 0) is 14.4 Å². The van der Waals surface area contributed by atoms with Gasteiger partial charge in [0.25, 0.3) is 5.91 Å². The molecule has 3 aliphatic rings. The van der Waals surface area contributed by atoms with Gasteiger partial charge in [-0.3, -0.25) is 19.3 Å². The molecular weight excluding hydrogens is 446 g/mol. The van der Waals surface area contributed by atoms with Crippen molar-refractivity contribution in [2.24, 2.45) is 0 Å². The minimum absolute atomic E-state index is 0.0150. The van der Waals surface area contributed by atoms with E-state index in [1.807, 2.05) is 0 Å². The van der Waals surface area contributed by atoms with Gasteiger partial charge in [-0.25, -0.2) is 4.79 Å². The molecular formula is C23H26ClN5O4. The van der Waals surface area contributed by atoms with E-state index < -0.39 is 6.04 Å². The van der Waals surface area contributed by atoms with E-state index in [2.05, 4.69) is 11.9 Å². The van der Waals surface area contributed by atoms with Gasteiger partial charge in [-0.15, -0.1) is 6.58 Å². The van der Waals surface area contributed by atoms with Gasteiger partial charge in [0.05, 0.1) is 23.9 Å². The largest absolute Gasteiger partial charge is 0.339 e. The van der Waals surface area contributed by atoms with Crippen molar-refractivity contribution in [2.45, 2.75) is 13.0 Å². The molecule has 0 unspecified atom stereocenters. The van der Waals surface area contributed by atoms with Crippen LogP contribution in [-0.4, -0.2) is 89.2 Å². The van der Waals surface area contributed by atoms with E-state index in [4.69, 9.17) is 11.6 Å². The zero-order valence-electron chi connectivity index (χ0n) is 18.4. The zero-order valence-corrected chi connectivity index (χ0v) is 19.2. The number of carbonyl (C=O) groups is 4. The summed E-state index contributed by atoms with van der Waals surface area (Å²) >= 11 is 6.38. The number of piperazine rings is 1. The zero-order chi connectivity index (χ0) is 23.7. The van der Waals surface area contributed by atoms with Gasteiger partial charge < -0.3 is 20.0 Å². The van der Waals surface area contributed by atoms with Crippen molar-refractivity contribution in [1.82, 2.24) is 24.9 Å². The molecule has 1 aromatic carbocycles. The van der Waals surface area contributed by atoms with Gasteiger partial charge in [0.15, 0.2) is 0 Å². The van der Waals surface area contributed by atoms with E-state index in [1.54, 1.807) is 40.1 Å². The van der Waals surface area contributed by atoms with Gasteiger partial charge in [0.1, 0.15) is 6.54 Å². The number of nitrogens with zero attached hydrogens (tertiary/aromatic N) is 4. The predicted octanol–water partition coefficient (Wildman–Crippen LogP) is 1.38. The van der Waals surface area contributed by atoms with Gasteiger partial charge in [0.2, 0.25) is 11.8 Å².